The predicted octanol–water partition coefficient (Wildman–Crippen LogP) is 4.56. The number of benzene rings is 1. The Hall–Kier alpha value is -0.720. The first kappa shape index (κ1) is 14.2. The van der Waals surface area contributed by atoms with E-state index in [1.807, 2.05) is 4.57 Å². The van der Waals surface area contributed by atoms with Crippen LogP contribution in [0.4, 0.5) is 4.39 Å². The summed E-state index contributed by atoms with van der Waals surface area (Å²) in [6.07, 6.45) is 4.78. The van der Waals surface area contributed by atoms with Crippen LogP contribution in [-0.2, 0) is 11.3 Å². The van der Waals surface area contributed by atoms with E-state index in [1.54, 1.807) is 6.07 Å². The Morgan fingerprint density at radius 1 is 1.45 bits per heavy atom. The van der Waals surface area contributed by atoms with E-state index in [-0.39, 0.29) is 5.82 Å². The predicted molar refractivity (Wildman–Crippen MR) is 83.0 cm³/mol. The first-order chi connectivity index (χ1) is 9.65. The number of imidazole rings is 1. The molecule has 1 aromatic carbocycles. The molecule has 108 valence electrons. The van der Waals surface area contributed by atoms with Crippen LogP contribution in [0.1, 0.15) is 25.7 Å². The van der Waals surface area contributed by atoms with E-state index >= 15 is 0 Å². The number of nitrogens with one attached hydrogen (secondary N) is 1. The second-order valence-corrected chi connectivity index (χ2v) is 6.38. The van der Waals surface area contributed by atoms with Crippen LogP contribution in [0.3, 0.4) is 0 Å². The molecule has 1 aliphatic heterocycles. The molecule has 1 saturated heterocycles. The van der Waals surface area contributed by atoms with Crippen LogP contribution >= 0.6 is 28.1 Å². The molecule has 1 fully saturated rings. The number of hydrogen-bond donors (Lipinski definition) is 1. The molecule has 3 nitrogen and oxygen atoms in total. The Labute approximate surface area is 130 Å². The lowest BCUT2D eigenvalue weighted by Gasteiger charge is -2.22. The number of H-pyrrole nitrogens is 1. The second-order valence-electron chi connectivity index (χ2n) is 5.14. The maximum Gasteiger partial charge on any atom is 0.178 e. The van der Waals surface area contributed by atoms with E-state index in [0.29, 0.717) is 15.3 Å². The number of nitrogens with zero attached hydrogens (tertiary/aromatic N) is 1. The second kappa shape index (κ2) is 5.95. The average Bonchev–Trinajstić information content (AvgIpc) is 2.73. The molecule has 0 amide bonds. The Morgan fingerprint density at radius 3 is 3.05 bits per heavy atom. The smallest absolute Gasteiger partial charge is 0.178 e. The normalized spacial score (nSPS) is 19.6. The number of hydrogen-bond acceptors (Lipinski definition) is 2. The molecule has 0 saturated carbocycles. The summed E-state index contributed by atoms with van der Waals surface area (Å²) in [4.78, 5) is 3.06. The molecule has 0 spiro atoms. The third-order valence-electron chi connectivity index (χ3n) is 3.76. The molecule has 20 heavy (non-hydrogen) atoms. The fourth-order valence-electron chi connectivity index (χ4n) is 2.68. The van der Waals surface area contributed by atoms with E-state index in [2.05, 4.69) is 20.9 Å². The van der Waals surface area contributed by atoms with Crippen molar-refractivity contribution in [2.24, 2.45) is 0 Å². The first-order valence-electron chi connectivity index (χ1n) is 6.84. The summed E-state index contributed by atoms with van der Waals surface area (Å²) >= 11 is 8.56. The monoisotopic (exact) mass is 358 g/mol. The van der Waals surface area contributed by atoms with Crippen LogP contribution in [0.5, 0.6) is 0 Å². The average molecular weight is 359 g/mol. The largest absolute Gasteiger partial charge is 0.378 e. The standard InChI is InChI=1S/C14H16BrFN2OS/c15-10-7-13-12(8-11(10)16)17-14(20)18(13)5-4-9-3-1-2-6-19-9/h7-9H,1-6H2,(H,17,20). The highest BCUT2D eigenvalue weighted by Gasteiger charge is 2.15. The van der Waals surface area contributed by atoms with Crippen molar-refractivity contribution >= 4 is 39.2 Å². The molecule has 0 bridgehead atoms. The summed E-state index contributed by atoms with van der Waals surface area (Å²) < 4.78 is 22.4. The van der Waals surface area contributed by atoms with Gasteiger partial charge in [-0.2, -0.15) is 0 Å². The first-order valence-corrected chi connectivity index (χ1v) is 8.04. The van der Waals surface area contributed by atoms with Crippen LogP contribution in [0, 0.1) is 10.6 Å². The summed E-state index contributed by atoms with van der Waals surface area (Å²) in [5, 5.41) is 0. The summed E-state index contributed by atoms with van der Waals surface area (Å²) in [6, 6.07) is 3.25. The van der Waals surface area contributed by atoms with E-state index in [9.17, 15) is 4.39 Å². The zero-order valence-corrected chi connectivity index (χ0v) is 13.4. The number of aromatic nitrogens is 2. The summed E-state index contributed by atoms with van der Waals surface area (Å²) in [7, 11) is 0. The van der Waals surface area contributed by atoms with E-state index in [4.69, 9.17) is 17.0 Å². The van der Waals surface area contributed by atoms with Crippen LogP contribution in [0.25, 0.3) is 11.0 Å². The van der Waals surface area contributed by atoms with E-state index in [1.165, 1.54) is 12.5 Å². The minimum Gasteiger partial charge on any atom is -0.378 e. The van der Waals surface area contributed by atoms with Gasteiger partial charge in [-0.3, -0.25) is 0 Å². The highest BCUT2D eigenvalue weighted by atomic mass is 79.9. The molecule has 1 atom stereocenters. The minimum atomic E-state index is -0.281. The number of halogens is 2. The summed E-state index contributed by atoms with van der Waals surface area (Å²) in [5.74, 6) is -0.281. The molecular formula is C14H16BrFN2OS. The molecule has 0 aliphatic carbocycles. The van der Waals surface area contributed by atoms with Gasteiger partial charge < -0.3 is 14.3 Å². The van der Waals surface area contributed by atoms with Gasteiger partial charge in [-0.1, -0.05) is 0 Å². The van der Waals surface area contributed by atoms with Gasteiger partial charge in [0.15, 0.2) is 4.77 Å². The number of aromatic amines is 1. The fraction of sp³-hybridized carbons (Fsp3) is 0.500. The summed E-state index contributed by atoms with van der Waals surface area (Å²) in [5.41, 5.74) is 1.67. The van der Waals surface area contributed by atoms with Crippen molar-refractivity contribution < 1.29 is 9.13 Å². The molecule has 6 heteroatoms. The molecule has 1 unspecified atom stereocenters. The minimum absolute atomic E-state index is 0.281. The molecule has 3 rings (SSSR count). The zero-order chi connectivity index (χ0) is 14.1. The molecule has 1 N–H and O–H groups in total. The molecule has 2 heterocycles. The van der Waals surface area contributed by atoms with E-state index < -0.39 is 0 Å². The summed E-state index contributed by atoms with van der Waals surface area (Å²) in [6.45, 7) is 1.66. The maximum absolute atomic E-state index is 13.5. The quantitative estimate of drug-likeness (QED) is 0.815. The van der Waals surface area contributed by atoms with Crippen molar-refractivity contribution in [2.75, 3.05) is 6.61 Å². The van der Waals surface area contributed by atoms with Crippen molar-refractivity contribution in [1.29, 1.82) is 0 Å². The highest BCUT2D eigenvalue weighted by molar-refractivity contribution is 9.10. The van der Waals surface area contributed by atoms with Gasteiger partial charge in [0.25, 0.3) is 0 Å². The van der Waals surface area contributed by atoms with Gasteiger partial charge in [0.1, 0.15) is 5.82 Å². The van der Waals surface area contributed by atoms with Gasteiger partial charge in [-0.25, -0.2) is 4.39 Å². The number of aryl methyl sites for hydroxylation is 1. The SMILES string of the molecule is Fc1cc2[nH]c(=S)n(CCC3CCCCO3)c2cc1Br. The van der Waals surface area contributed by atoms with Gasteiger partial charge in [0.2, 0.25) is 0 Å². The number of ether oxygens (including phenoxy) is 1. The fourth-order valence-corrected chi connectivity index (χ4v) is 3.31. The third-order valence-corrected chi connectivity index (χ3v) is 4.69. The Balaban J connectivity index is 1.85. The third kappa shape index (κ3) is 2.82. The van der Waals surface area contributed by atoms with Crippen LogP contribution in [-0.4, -0.2) is 22.3 Å². The maximum atomic E-state index is 13.5. The Kier molecular flexibility index (Phi) is 4.23. The topological polar surface area (TPSA) is 29.9 Å². The molecule has 0 radical (unpaired) electrons. The van der Waals surface area contributed by atoms with E-state index in [0.717, 1.165) is 43.4 Å². The Bertz CT molecular complexity index is 676. The van der Waals surface area contributed by atoms with Crippen LogP contribution in [0.2, 0.25) is 0 Å². The van der Waals surface area contributed by atoms with Crippen LogP contribution in [0.15, 0.2) is 16.6 Å². The van der Waals surface area contributed by atoms with Crippen molar-refractivity contribution in [3.8, 4) is 0 Å². The van der Waals surface area contributed by atoms with Crippen LogP contribution < -0.4 is 0 Å². The molecule has 2 aromatic rings. The van der Waals surface area contributed by atoms with Crippen molar-refractivity contribution in [3.63, 3.8) is 0 Å². The lowest BCUT2D eigenvalue weighted by atomic mass is 10.1. The van der Waals surface area contributed by atoms with Gasteiger partial charge in [0, 0.05) is 19.2 Å². The Morgan fingerprint density at radius 2 is 2.30 bits per heavy atom. The zero-order valence-electron chi connectivity index (χ0n) is 11.0. The van der Waals surface area contributed by atoms with Crippen molar-refractivity contribution in [3.05, 3.63) is 27.2 Å². The molecule has 1 aromatic heterocycles. The van der Waals surface area contributed by atoms with Crippen molar-refractivity contribution in [1.82, 2.24) is 9.55 Å². The highest BCUT2D eigenvalue weighted by Crippen LogP contribution is 2.24. The molecular weight excluding hydrogens is 343 g/mol. The lowest BCUT2D eigenvalue weighted by molar-refractivity contribution is 0.00892. The molecule has 1 aliphatic rings. The number of fused-ring (bicyclic) bond motifs is 1. The van der Waals surface area contributed by atoms with Gasteiger partial charge in [-0.15, -0.1) is 0 Å². The van der Waals surface area contributed by atoms with Gasteiger partial charge in [0.05, 0.1) is 21.6 Å². The number of rotatable bonds is 3. The lowest BCUT2D eigenvalue weighted by Crippen LogP contribution is -2.20. The van der Waals surface area contributed by atoms with Gasteiger partial charge in [-0.05, 0) is 59.9 Å². The van der Waals surface area contributed by atoms with Gasteiger partial charge >= 0.3 is 0 Å². The van der Waals surface area contributed by atoms with Crippen molar-refractivity contribution in [2.45, 2.75) is 38.3 Å².